The van der Waals surface area contributed by atoms with Crippen molar-refractivity contribution in [2.45, 2.75) is 40.2 Å². The first-order valence-electron chi connectivity index (χ1n) is 6.33. The summed E-state index contributed by atoms with van der Waals surface area (Å²) in [6.07, 6.45) is 1.19. The molecule has 0 bridgehead atoms. The zero-order chi connectivity index (χ0) is 12.9. The fraction of sp³-hybridized carbons (Fsp3) is 0.857. The summed E-state index contributed by atoms with van der Waals surface area (Å²) in [7, 11) is 4.32. The fourth-order valence-corrected chi connectivity index (χ4v) is 2.61. The summed E-state index contributed by atoms with van der Waals surface area (Å²) in [5.74, 6) is 1.80. The zero-order valence-corrected chi connectivity index (χ0v) is 12.0. The highest BCUT2D eigenvalue weighted by atomic mass is 15.1. The summed E-state index contributed by atoms with van der Waals surface area (Å²) in [6.45, 7) is 13.8. The molecule has 4 atom stereocenters. The summed E-state index contributed by atoms with van der Waals surface area (Å²) >= 11 is 0. The van der Waals surface area contributed by atoms with Crippen LogP contribution in [0.1, 0.15) is 34.1 Å². The standard InChI is InChI=1S/C14H30N2/c1-10(2)13(5)14(16(6)7)12(4)8-11(3)9-15/h11-14H,1,8-9,15H2,2-7H3. The van der Waals surface area contributed by atoms with Crippen molar-refractivity contribution in [3.8, 4) is 0 Å². The Morgan fingerprint density at radius 2 is 1.75 bits per heavy atom. The fourth-order valence-electron chi connectivity index (χ4n) is 2.61. The second-order valence-electron chi connectivity index (χ2n) is 5.64. The molecule has 2 N–H and O–H groups in total. The Bertz CT molecular complexity index is 211. The first-order chi connectivity index (χ1) is 7.31. The predicted molar refractivity (Wildman–Crippen MR) is 73.5 cm³/mol. The van der Waals surface area contributed by atoms with Gasteiger partial charge in [-0.05, 0) is 51.7 Å². The Hall–Kier alpha value is -0.340. The normalized spacial score (nSPS) is 19.2. The Balaban J connectivity index is 4.59. The van der Waals surface area contributed by atoms with Crippen LogP contribution in [0, 0.1) is 17.8 Å². The number of hydrogen-bond acceptors (Lipinski definition) is 2. The van der Waals surface area contributed by atoms with Gasteiger partial charge in [0.2, 0.25) is 0 Å². The van der Waals surface area contributed by atoms with Crippen molar-refractivity contribution in [1.82, 2.24) is 4.90 Å². The van der Waals surface area contributed by atoms with Crippen LogP contribution in [0.15, 0.2) is 12.2 Å². The summed E-state index contributed by atoms with van der Waals surface area (Å²) in [5, 5.41) is 0. The molecule has 0 aliphatic heterocycles. The molecule has 0 fully saturated rings. The van der Waals surface area contributed by atoms with E-state index in [1.165, 1.54) is 12.0 Å². The quantitative estimate of drug-likeness (QED) is 0.676. The minimum absolute atomic E-state index is 0.537. The van der Waals surface area contributed by atoms with Crippen LogP contribution in [-0.2, 0) is 0 Å². The van der Waals surface area contributed by atoms with Crippen LogP contribution in [0.2, 0.25) is 0 Å². The smallest absolute Gasteiger partial charge is 0.0177 e. The Morgan fingerprint density at radius 1 is 1.25 bits per heavy atom. The van der Waals surface area contributed by atoms with Crippen molar-refractivity contribution in [2.24, 2.45) is 23.5 Å². The molecule has 0 aliphatic carbocycles. The number of nitrogens with two attached hydrogens (primary N) is 1. The van der Waals surface area contributed by atoms with Crippen LogP contribution < -0.4 is 5.73 Å². The summed E-state index contributed by atoms with van der Waals surface area (Å²) in [5.41, 5.74) is 6.97. The molecule has 0 amide bonds. The van der Waals surface area contributed by atoms with E-state index in [0.717, 1.165) is 6.54 Å². The van der Waals surface area contributed by atoms with E-state index in [9.17, 15) is 0 Å². The monoisotopic (exact) mass is 226 g/mol. The third-order valence-corrected chi connectivity index (χ3v) is 3.65. The summed E-state index contributed by atoms with van der Waals surface area (Å²) in [4.78, 5) is 2.33. The van der Waals surface area contributed by atoms with Crippen LogP contribution in [0.25, 0.3) is 0 Å². The molecule has 0 saturated heterocycles. The Labute approximate surface area is 102 Å². The maximum Gasteiger partial charge on any atom is 0.0177 e. The van der Waals surface area contributed by atoms with Crippen molar-refractivity contribution >= 4 is 0 Å². The third kappa shape index (κ3) is 4.67. The molecule has 0 spiro atoms. The van der Waals surface area contributed by atoms with Gasteiger partial charge < -0.3 is 10.6 Å². The van der Waals surface area contributed by atoms with Gasteiger partial charge in [0.05, 0.1) is 0 Å². The average Bonchev–Trinajstić information content (AvgIpc) is 2.16. The summed E-state index contributed by atoms with van der Waals surface area (Å²) in [6, 6.07) is 0.562. The molecule has 16 heavy (non-hydrogen) atoms. The molecule has 0 heterocycles. The van der Waals surface area contributed by atoms with Gasteiger partial charge >= 0.3 is 0 Å². The van der Waals surface area contributed by atoms with Gasteiger partial charge in [0.1, 0.15) is 0 Å². The molecule has 0 aromatic carbocycles. The van der Waals surface area contributed by atoms with Gasteiger partial charge in [0.15, 0.2) is 0 Å². The van der Waals surface area contributed by atoms with Crippen LogP contribution in [0.4, 0.5) is 0 Å². The number of rotatable bonds is 7. The van der Waals surface area contributed by atoms with E-state index in [1.54, 1.807) is 0 Å². The predicted octanol–water partition coefficient (Wildman–Crippen LogP) is 2.75. The molecule has 0 aliphatic rings. The van der Waals surface area contributed by atoms with Gasteiger partial charge in [0, 0.05) is 6.04 Å². The van der Waals surface area contributed by atoms with Crippen LogP contribution in [0.5, 0.6) is 0 Å². The highest BCUT2D eigenvalue weighted by molar-refractivity contribution is 5.00. The first kappa shape index (κ1) is 15.7. The molecule has 2 nitrogen and oxygen atoms in total. The number of nitrogens with zero attached hydrogens (tertiary/aromatic N) is 1. The lowest BCUT2D eigenvalue weighted by Crippen LogP contribution is -2.40. The Kier molecular flexibility index (Phi) is 6.93. The van der Waals surface area contributed by atoms with Crippen LogP contribution in [0.3, 0.4) is 0 Å². The molecule has 0 aromatic rings. The van der Waals surface area contributed by atoms with Crippen molar-refractivity contribution in [1.29, 1.82) is 0 Å². The van der Waals surface area contributed by atoms with Gasteiger partial charge in [-0.2, -0.15) is 0 Å². The molecule has 0 rings (SSSR count). The largest absolute Gasteiger partial charge is 0.330 e. The molecular weight excluding hydrogens is 196 g/mol. The van der Waals surface area contributed by atoms with E-state index in [-0.39, 0.29) is 0 Å². The highest BCUT2D eigenvalue weighted by Gasteiger charge is 2.26. The first-order valence-corrected chi connectivity index (χ1v) is 6.33. The minimum atomic E-state index is 0.537. The van der Waals surface area contributed by atoms with E-state index in [0.29, 0.717) is 23.8 Å². The topological polar surface area (TPSA) is 29.3 Å². The maximum absolute atomic E-state index is 5.70. The Morgan fingerprint density at radius 3 is 2.06 bits per heavy atom. The second kappa shape index (κ2) is 7.08. The van der Waals surface area contributed by atoms with E-state index in [1.807, 2.05) is 0 Å². The molecule has 0 radical (unpaired) electrons. The van der Waals surface area contributed by atoms with Crippen molar-refractivity contribution in [3.05, 3.63) is 12.2 Å². The highest BCUT2D eigenvalue weighted by Crippen LogP contribution is 2.27. The molecule has 0 saturated carbocycles. The van der Waals surface area contributed by atoms with E-state index in [2.05, 4.69) is 53.3 Å². The van der Waals surface area contributed by atoms with Gasteiger partial charge in [-0.1, -0.05) is 32.9 Å². The van der Waals surface area contributed by atoms with Gasteiger partial charge in [-0.15, -0.1) is 0 Å². The molecule has 4 unspecified atom stereocenters. The van der Waals surface area contributed by atoms with Crippen molar-refractivity contribution in [3.63, 3.8) is 0 Å². The molecular formula is C14H30N2. The average molecular weight is 226 g/mol. The van der Waals surface area contributed by atoms with Crippen LogP contribution in [-0.4, -0.2) is 31.6 Å². The van der Waals surface area contributed by atoms with Gasteiger partial charge in [-0.3, -0.25) is 0 Å². The lowest BCUT2D eigenvalue weighted by atomic mass is 9.81. The van der Waals surface area contributed by atoms with E-state index >= 15 is 0 Å². The SMILES string of the molecule is C=C(C)C(C)C(C(C)CC(C)CN)N(C)C. The van der Waals surface area contributed by atoms with E-state index < -0.39 is 0 Å². The van der Waals surface area contributed by atoms with Crippen LogP contribution >= 0.6 is 0 Å². The van der Waals surface area contributed by atoms with E-state index in [4.69, 9.17) is 5.73 Å². The van der Waals surface area contributed by atoms with Crippen molar-refractivity contribution < 1.29 is 0 Å². The maximum atomic E-state index is 5.70. The minimum Gasteiger partial charge on any atom is -0.330 e. The van der Waals surface area contributed by atoms with Gasteiger partial charge in [-0.25, -0.2) is 0 Å². The molecule has 0 aromatic heterocycles. The zero-order valence-electron chi connectivity index (χ0n) is 12.0. The molecule has 2 heteroatoms. The van der Waals surface area contributed by atoms with Gasteiger partial charge in [0.25, 0.3) is 0 Å². The number of hydrogen-bond donors (Lipinski definition) is 1. The second-order valence-corrected chi connectivity index (χ2v) is 5.64. The lowest BCUT2D eigenvalue weighted by molar-refractivity contribution is 0.157. The summed E-state index contributed by atoms with van der Waals surface area (Å²) < 4.78 is 0. The van der Waals surface area contributed by atoms with Crippen molar-refractivity contribution in [2.75, 3.05) is 20.6 Å². The third-order valence-electron chi connectivity index (χ3n) is 3.65. The molecule has 96 valence electrons. The lowest BCUT2D eigenvalue weighted by Gasteiger charge is -2.36.